The van der Waals surface area contributed by atoms with E-state index in [1.54, 1.807) is 24.4 Å². The predicted octanol–water partition coefficient (Wildman–Crippen LogP) is 2.78. The predicted molar refractivity (Wildman–Crippen MR) is 74.4 cm³/mol. The Morgan fingerprint density at radius 3 is 2.68 bits per heavy atom. The van der Waals surface area contributed by atoms with Crippen LogP contribution in [0.25, 0.3) is 10.9 Å². The van der Waals surface area contributed by atoms with Crippen molar-refractivity contribution in [2.75, 3.05) is 5.32 Å². The highest BCUT2D eigenvalue weighted by Gasteiger charge is 2.12. The number of hydrogen-bond acceptors (Lipinski definition) is 4. The fourth-order valence-electron chi connectivity index (χ4n) is 1.68. The third-order valence-corrected chi connectivity index (χ3v) is 3.21. The molecule has 0 aliphatic rings. The SMILES string of the molecule is CC(C)C(C)Nc1ncc2c(C(=O)O)cccc2n1. The van der Waals surface area contributed by atoms with Crippen molar-refractivity contribution in [2.24, 2.45) is 5.92 Å². The van der Waals surface area contributed by atoms with Crippen molar-refractivity contribution >= 4 is 22.8 Å². The number of nitrogens with zero attached hydrogens (tertiary/aromatic N) is 2. The van der Waals surface area contributed by atoms with Crippen LogP contribution in [0, 0.1) is 5.92 Å². The second-order valence-electron chi connectivity index (χ2n) is 4.91. The summed E-state index contributed by atoms with van der Waals surface area (Å²) in [4.78, 5) is 19.6. The summed E-state index contributed by atoms with van der Waals surface area (Å²) in [5.74, 6) is 0.0198. The van der Waals surface area contributed by atoms with Crippen molar-refractivity contribution in [2.45, 2.75) is 26.8 Å². The second-order valence-corrected chi connectivity index (χ2v) is 4.91. The highest BCUT2D eigenvalue weighted by Crippen LogP contribution is 2.18. The average molecular weight is 259 g/mol. The maximum Gasteiger partial charge on any atom is 0.336 e. The van der Waals surface area contributed by atoms with Crippen molar-refractivity contribution in [3.8, 4) is 0 Å². The molecule has 1 atom stereocenters. The third kappa shape index (κ3) is 2.81. The quantitative estimate of drug-likeness (QED) is 0.883. The van der Waals surface area contributed by atoms with Crippen LogP contribution in [0.5, 0.6) is 0 Å². The van der Waals surface area contributed by atoms with Gasteiger partial charge in [-0.1, -0.05) is 19.9 Å². The Balaban J connectivity index is 2.39. The van der Waals surface area contributed by atoms with Gasteiger partial charge in [0, 0.05) is 17.6 Å². The van der Waals surface area contributed by atoms with Crippen LogP contribution in [-0.4, -0.2) is 27.1 Å². The third-order valence-electron chi connectivity index (χ3n) is 3.21. The van der Waals surface area contributed by atoms with Crippen molar-refractivity contribution in [3.63, 3.8) is 0 Å². The lowest BCUT2D eigenvalue weighted by atomic mass is 10.1. The number of carboxylic acids is 1. The first-order chi connectivity index (χ1) is 8.99. The van der Waals surface area contributed by atoms with Crippen LogP contribution in [0.4, 0.5) is 5.95 Å². The number of rotatable bonds is 4. The van der Waals surface area contributed by atoms with Crippen LogP contribution in [0.15, 0.2) is 24.4 Å². The summed E-state index contributed by atoms with van der Waals surface area (Å²) < 4.78 is 0. The molecular weight excluding hydrogens is 242 g/mol. The Morgan fingerprint density at radius 2 is 2.05 bits per heavy atom. The number of benzene rings is 1. The number of hydrogen-bond donors (Lipinski definition) is 2. The molecule has 0 spiro atoms. The zero-order valence-corrected chi connectivity index (χ0v) is 11.2. The number of anilines is 1. The van der Waals surface area contributed by atoms with Crippen molar-refractivity contribution in [3.05, 3.63) is 30.0 Å². The number of nitrogens with one attached hydrogen (secondary N) is 1. The van der Waals surface area contributed by atoms with Gasteiger partial charge in [-0.05, 0) is 25.0 Å². The molecule has 5 heteroatoms. The molecule has 0 saturated carbocycles. The molecule has 1 aromatic carbocycles. The summed E-state index contributed by atoms with van der Waals surface area (Å²) in [7, 11) is 0. The summed E-state index contributed by atoms with van der Waals surface area (Å²) in [5, 5.41) is 12.9. The molecule has 1 heterocycles. The normalized spacial score (nSPS) is 12.6. The Kier molecular flexibility index (Phi) is 3.64. The van der Waals surface area contributed by atoms with Gasteiger partial charge in [0.1, 0.15) is 0 Å². The van der Waals surface area contributed by atoms with Crippen molar-refractivity contribution < 1.29 is 9.90 Å². The highest BCUT2D eigenvalue weighted by atomic mass is 16.4. The van der Waals surface area contributed by atoms with Gasteiger partial charge in [0.05, 0.1) is 11.1 Å². The van der Waals surface area contributed by atoms with Gasteiger partial charge in [-0.15, -0.1) is 0 Å². The van der Waals surface area contributed by atoms with E-state index in [4.69, 9.17) is 5.11 Å². The molecule has 5 nitrogen and oxygen atoms in total. The minimum atomic E-state index is -0.967. The summed E-state index contributed by atoms with van der Waals surface area (Å²) in [6.07, 6.45) is 1.56. The fourth-order valence-corrected chi connectivity index (χ4v) is 1.68. The van der Waals surface area contributed by atoms with E-state index in [0.717, 1.165) is 0 Å². The molecule has 1 unspecified atom stereocenters. The lowest BCUT2D eigenvalue weighted by molar-refractivity contribution is 0.0699. The molecule has 0 amide bonds. The van der Waals surface area contributed by atoms with Gasteiger partial charge in [-0.3, -0.25) is 0 Å². The van der Waals surface area contributed by atoms with Gasteiger partial charge in [0.25, 0.3) is 0 Å². The lowest BCUT2D eigenvalue weighted by Gasteiger charge is -2.17. The fraction of sp³-hybridized carbons (Fsp3) is 0.357. The molecule has 0 aliphatic carbocycles. The van der Waals surface area contributed by atoms with Gasteiger partial charge < -0.3 is 10.4 Å². The van der Waals surface area contributed by atoms with Crippen molar-refractivity contribution in [1.82, 2.24) is 9.97 Å². The Labute approximate surface area is 111 Å². The topological polar surface area (TPSA) is 75.1 Å². The number of aromatic nitrogens is 2. The molecule has 0 aliphatic heterocycles. The summed E-state index contributed by atoms with van der Waals surface area (Å²) in [5.41, 5.74) is 0.856. The van der Waals surface area contributed by atoms with Crippen molar-refractivity contribution in [1.29, 1.82) is 0 Å². The van der Waals surface area contributed by atoms with Gasteiger partial charge in [0.2, 0.25) is 5.95 Å². The molecule has 1 aromatic heterocycles. The molecule has 0 saturated heterocycles. The van der Waals surface area contributed by atoms with Crippen LogP contribution in [0.1, 0.15) is 31.1 Å². The average Bonchev–Trinajstić information content (AvgIpc) is 2.37. The molecule has 2 aromatic rings. The molecule has 0 bridgehead atoms. The first kappa shape index (κ1) is 13.3. The van der Waals surface area contributed by atoms with E-state index in [1.807, 2.05) is 0 Å². The first-order valence-electron chi connectivity index (χ1n) is 6.24. The van der Waals surface area contributed by atoms with Crippen LogP contribution < -0.4 is 5.32 Å². The standard InChI is InChI=1S/C14H17N3O2/c1-8(2)9(3)16-14-15-7-11-10(13(18)19)5-4-6-12(11)17-14/h4-9H,1-3H3,(H,18,19)(H,15,16,17). The summed E-state index contributed by atoms with van der Waals surface area (Å²) >= 11 is 0. The van der Waals surface area contributed by atoms with E-state index in [-0.39, 0.29) is 11.6 Å². The number of aromatic carboxylic acids is 1. The zero-order valence-electron chi connectivity index (χ0n) is 11.2. The van der Waals surface area contributed by atoms with Crippen LogP contribution in [-0.2, 0) is 0 Å². The van der Waals surface area contributed by atoms with E-state index >= 15 is 0 Å². The monoisotopic (exact) mass is 259 g/mol. The minimum Gasteiger partial charge on any atom is -0.478 e. The largest absolute Gasteiger partial charge is 0.478 e. The first-order valence-corrected chi connectivity index (χ1v) is 6.24. The number of fused-ring (bicyclic) bond motifs is 1. The molecule has 0 radical (unpaired) electrons. The highest BCUT2D eigenvalue weighted by molar-refractivity contribution is 6.02. The molecule has 2 N–H and O–H groups in total. The smallest absolute Gasteiger partial charge is 0.336 e. The number of carboxylic acid groups (broad SMARTS) is 1. The van der Waals surface area contributed by atoms with Crippen LogP contribution >= 0.6 is 0 Å². The molecule has 0 fully saturated rings. The van der Waals surface area contributed by atoms with Crippen LogP contribution in [0.2, 0.25) is 0 Å². The summed E-state index contributed by atoms with van der Waals surface area (Å²) in [6.45, 7) is 6.29. The van der Waals surface area contributed by atoms with E-state index in [0.29, 0.717) is 22.8 Å². The van der Waals surface area contributed by atoms with E-state index in [2.05, 4.69) is 36.1 Å². The molecule has 2 rings (SSSR count). The molecule has 19 heavy (non-hydrogen) atoms. The van der Waals surface area contributed by atoms with Crippen LogP contribution in [0.3, 0.4) is 0 Å². The Hall–Kier alpha value is -2.17. The van der Waals surface area contributed by atoms with E-state index in [9.17, 15) is 4.79 Å². The number of carbonyl (C=O) groups is 1. The van der Waals surface area contributed by atoms with E-state index in [1.165, 1.54) is 0 Å². The summed E-state index contributed by atoms with van der Waals surface area (Å²) in [6, 6.07) is 5.28. The van der Waals surface area contributed by atoms with Gasteiger partial charge in [-0.25, -0.2) is 14.8 Å². The van der Waals surface area contributed by atoms with Gasteiger partial charge >= 0.3 is 5.97 Å². The second kappa shape index (κ2) is 5.22. The maximum atomic E-state index is 11.1. The van der Waals surface area contributed by atoms with Gasteiger partial charge in [0.15, 0.2) is 0 Å². The lowest BCUT2D eigenvalue weighted by Crippen LogP contribution is -2.22. The molecular formula is C14H17N3O2. The van der Waals surface area contributed by atoms with Gasteiger partial charge in [-0.2, -0.15) is 0 Å². The Morgan fingerprint density at radius 1 is 1.32 bits per heavy atom. The van der Waals surface area contributed by atoms with E-state index < -0.39 is 5.97 Å². The molecule has 100 valence electrons. The maximum absolute atomic E-state index is 11.1. The Bertz CT molecular complexity index is 611. The minimum absolute atomic E-state index is 0.223. The zero-order chi connectivity index (χ0) is 14.0.